The second-order valence-corrected chi connectivity index (χ2v) is 6.07. The van der Waals surface area contributed by atoms with Crippen molar-refractivity contribution < 1.29 is 19.4 Å². The minimum absolute atomic E-state index is 0.250. The SMILES string of the molecule is COc1cc2nncc(-c3cccc(-c4cnn(C)c4)c3)c2cc1OC.O=CO. The summed E-state index contributed by atoms with van der Waals surface area (Å²) in [5.74, 6) is 1.30. The Kier molecular flexibility index (Phi) is 6.03. The van der Waals surface area contributed by atoms with Crippen molar-refractivity contribution in [1.29, 1.82) is 0 Å². The Bertz CT molecular complexity index is 1140. The maximum Gasteiger partial charge on any atom is 0.290 e. The molecule has 0 amide bonds. The monoisotopic (exact) mass is 392 g/mol. The highest BCUT2D eigenvalue weighted by atomic mass is 16.5. The van der Waals surface area contributed by atoms with Gasteiger partial charge in [0.2, 0.25) is 0 Å². The van der Waals surface area contributed by atoms with Crippen LogP contribution in [-0.4, -0.2) is 45.8 Å². The van der Waals surface area contributed by atoms with Crippen LogP contribution in [0.15, 0.2) is 55.0 Å². The predicted octanol–water partition coefficient (Wildman–Crippen LogP) is 3.42. The van der Waals surface area contributed by atoms with Gasteiger partial charge in [0, 0.05) is 35.8 Å². The van der Waals surface area contributed by atoms with Crippen molar-refractivity contribution in [3.63, 3.8) is 0 Å². The number of aromatic nitrogens is 4. The van der Waals surface area contributed by atoms with Gasteiger partial charge in [-0.2, -0.15) is 15.3 Å². The first-order chi connectivity index (χ1) is 14.1. The molecule has 0 aliphatic rings. The minimum atomic E-state index is -0.250. The number of benzene rings is 2. The van der Waals surface area contributed by atoms with Crippen LogP contribution >= 0.6 is 0 Å². The van der Waals surface area contributed by atoms with Gasteiger partial charge in [-0.05, 0) is 23.3 Å². The lowest BCUT2D eigenvalue weighted by molar-refractivity contribution is -0.122. The van der Waals surface area contributed by atoms with Crippen LogP contribution in [-0.2, 0) is 11.8 Å². The molecule has 0 bridgehead atoms. The van der Waals surface area contributed by atoms with Gasteiger partial charge >= 0.3 is 0 Å². The molecule has 2 aromatic heterocycles. The van der Waals surface area contributed by atoms with Gasteiger partial charge in [-0.1, -0.05) is 18.2 Å². The molecule has 8 nitrogen and oxygen atoms in total. The quantitative estimate of drug-likeness (QED) is 0.531. The highest BCUT2D eigenvalue weighted by molar-refractivity contribution is 5.96. The van der Waals surface area contributed by atoms with E-state index in [1.54, 1.807) is 25.1 Å². The van der Waals surface area contributed by atoms with Gasteiger partial charge in [0.15, 0.2) is 11.5 Å². The van der Waals surface area contributed by atoms with E-state index in [2.05, 4.69) is 33.5 Å². The highest BCUT2D eigenvalue weighted by Crippen LogP contribution is 2.36. The average Bonchev–Trinajstić information content (AvgIpc) is 3.19. The van der Waals surface area contributed by atoms with Crippen molar-refractivity contribution in [2.45, 2.75) is 0 Å². The minimum Gasteiger partial charge on any atom is -0.493 e. The first-order valence-corrected chi connectivity index (χ1v) is 8.66. The molecule has 0 fully saturated rings. The second kappa shape index (κ2) is 8.83. The van der Waals surface area contributed by atoms with Crippen molar-refractivity contribution in [1.82, 2.24) is 20.0 Å². The van der Waals surface area contributed by atoms with E-state index in [-0.39, 0.29) is 6.47 Å². The number of methoxy groups -OCH3 is 2. The van der Waals surface area contributed by atoms with Gasteiger partial charge in [-0.15, -0.1) is 0 Å². The normalized spacial score (nSPS) is 10.2. The third kappa shape index (κ3) is 4.16. The van der Waals surface area contributed by atoms with E-state index in [4.69, 9.17) is 19.4 Å². The van der Waals surface area contributed by atoms with Crippen LogP contribution in [0.2, 0.25) is 0 Å². The zero-order valence-corrected chi connectivity index (χ0v) is 16.2. The fraction of sp³-hybridized carbons (Fsp3) is 0.143. The molecule has 4 aromatic rings. The highest BCUT2D eigenvalue weighted by Gasteiger charge is 2.12. The van der Waals surface area contributed by atoms with Gasteiger partial charge in [-0.3, -0.25) is 9.48 Å². The predicted molar refractivity (Wildman–Crippen MR) is 109 cm³/mol. The number of carboxylic acid groups (broad SMARTS) is 1. The molecule has 0 aliphatic heterocycles. The second-order valence-electron chi connectivity index (χ2n) is 6.07. The molecule has 0 aliphatic carbocycles. The summed E-state index contributed by atoms with van der Waals surface area (Å²) in [5.41, 5.74) is 4.97. The third-order valence-corrected chi connectivity index (χ3v) is 4.36. The molecular formula is C21H20N4O4. The smallest absolute Gasteiger partial charge is 0.290 e. The summed E-state index contributed by atoms with van der Waals surface area (Å²) < 4.78 is 12.6. The molecule has 1 N–H and O–H groups in total. The third-order valence-electron chi connectivity index (χ3n) is 4.36. The van der Waals surface area contributed by atoms with E-state index in [9.17, 15) is 0 Å². The van der Waals surface area contributed by atoms with Gasteiger partial charge in [-0.25, -0.2) is 0 Å². The first kappa shape index (κ1) is 19.8. The summed E-state index contributed by atoms with van der Waals surface area (Å²) in [6.45, 7) is -0.250. The summed E-state index contributed by atoms with van der Waals surface area (Å²) in [4.78, 5) is 8.36. The maximum atomic E-state index is 8.36. The van der Waals surface area contributed by atoms with Crippen LogP contribution in [0.4, 0.5) is 0 Å². The topological polar surface area (TPSA) is 99.4 Å². The Balaban J connectivity index is 0.000000755. The van der Waals surface area contributed by atoms with Gasteiger partial charge in [0.1, 0.15) is 0 Å². The average molecular weight is 392 g/mol. The summed E-state index contributed by atoms with van der Waals surface area (Å²) in [6, 6.07) is 12.1. The number of hydrogen-bond donors (Lipinski definition) is 1. The fourth-order valence-corrected chi connectivity index (χ4v) is 3.05. The number of ether oxygens (including phenoxy) is 2. The van der Waals surface area contributed by atoms with E-state index < -0.39 is 0 Å². The molecule has 4 rings (SSSR count). The van der Waals surface area contributed by atoms with Crippen molar-refractivity contribution in [2.24, 2.45) is 7.05 Å². The van der Waals surface area contributed by atoms with E-state index in [1.807, 2.05) is 37.6 Å². The van der Waals surface area contributed by atoms with Gasteiger partial charge in [0.05, 0.1) is 32.1 Å². The molecule has 2 heterocycles. The van der Waals surface area contributed by atoms with Crippen LogP contribution in [0.1, 0.15) is 0 Å². The Hall–Kier alpha value is -3.94. The van der Waals surface area contributed by atoms with Crippen LogP contribution < -0.4 is 9.47 Å². The van der Waals surface area contributed by atoms with Crippen LogP contribution in [0, 0.1) is 0 Å². The van der Waals surface area contributed by atoms with Gasteiger partial charge < -0.3 is 14.6 Å². The first-order valence-electron chi connectivity index (χ1n) is 8.66. The van der Waals surface area contributed by atoms with Crippen molar-refractivity contribution >= 4 is 17.4 Å². The zero-order chi connectivity index (χ0) is 20.8. The number of rotatable bonds is 4. The fourth-order valence-electron chi connectivity index (χ4n) is 3.05. The van der Waals surface area contributed by atoms with Crippen LogP contribution in [0.5, 0.6) is 11.5 Å². The van der Waals surface area contributed by atoms with Gasteiger partial charge in [0.25, 0.3) is 6.47 Å². The number of carbonyl (C=O) groups is 1. The lowest BCUT2D eigenvalue weighted by Gasteiger charge is -2.11. The molecule has 0 saturated carbocycles. The Morgan fingerprint density at radius 2 is 1.69 bits per heavy atom. The number of fused-ring (bicyclic) bond motifs is 1. The maximum absolute atomic E-state index is 8.36. The van der Waals surface area contributed by atoms with E-state index in [1.165, 1.54) is 0 Å². The van der Waals surface area contributed by atoms with E-state index >= 15 is 0 Å². The number of hydrogen-bond acceptors (Lipinski definition) is 6. The van der Waals surface area contributed by atoms with E-state index in [0.29, 0.717) is 11.5 Å². The molecule has 29 heavy (non-hydrogen) atoms. The molecule has 148 valence electrons. The molecular weight excluding hydrogens is 372 g/mol. The molecule has 0 saturated heterocycles. The van der Waals surface area contributed by atoms with Crippen LogP contribution in [0.3, 0.4) is 0 Å². The van der Waals surface area contributed by atoms with E-state index in [0.717, 1.165) is 33.2 Å². The zero-order valence-electron chi connectivity index (χ0n) is 16.2. The largest absolute Gasteiger partial charge is 0.493 e. The molecule has 0 radical (unpaired) electrons. The summed E-state index contributed by atoms with van der Waals surface area (Å²) in [6.07, 6.45) is 5.63. The van der Waals surface area contributed by atoms with Crippen molar-refractivity contribution in [2.75, 3.05) is 14.2 Å². The van der Waals surface area contributed by atoms with Crippen molar-refractivity contribution in [3.05, 3.63) is 55.0 Å². The summed E-state index contributed by atoms with van der Waals surface area (Å²) in [5, 5.41) is 20.5. The standard InChI is InChI=1S/C20H18N4O2.CH2O2/c1-24-12-15(10-22-24)13-5-4-6-14(7-13)17-11-21-23-18-9-20(26-3)19(25-2)8-16(17)18;2-1-3/h4-12H,1-3H3;1H,(H,2,3). The summed E-state index contributed by atoms with van der Waals surface area (Å²) >= 11 is 0. The molecule has 0 spiro atoms. The van der Waals surface area contributed by atoms with Crippen molar-refractivity contribution in [3.8, 4) is 33.8 Å². The summed E-state index contributed by atoms with van der Waals surface area (Å²) in [7, 11) is 5.15. The molecule has 0 unspecified atom stereocenters. The van der Waals surface area contributed by atoms with Crippen LogP contribution in [0.25, 0.3) is 33.2 Å². The molecule has 0 atom stereocenters. The molecule has 8 heteroatoms. The Morgan fingerprint density at radius 3 is 2.34 bits per heavy atom. The molecule has 2 aromatic carbocycles. The number of nitrogens with zero attached hydrogens (tertiary/aromatic N) is 4. The lowest BCUT2D eigenvalue weighted by Crippen LogP contribution is -1.94. The lowest BCUT2D eigenvalue weighted by atomic mass is 9.99. The Labute approximate surface area is 167 Å². The number of aryl methyl sites for hydroxylation is 1. The Morgan fingerprint density at radius 1 is 1.00 bits per heavy atom.